The van der Waals surface area contributed by atoms with E-state index in [1.807, 2.05) is 6.07 Å². The highest BCUT2D eigenvalue weighted by Gasteiger charge is 2.35. The Morgan fingerprint density at radius 1 is 0.971 bits per heavy atom. The lowest BCUT2D eigenvalue weighted by Gasteiger charge is -2.17. The summed E-state index contributed by atoms with van der Waals surface area (Å²) in [5.74, 6) is 0.860. The highest BCUT2D eigenvalue weighted by atomic mass is 32.2. The summed E-state index contributed by atoms with van der Waals surface area (Å²) in [6.07, 6.45) is 4.72. The fraction of sp³-hybridized carbons (Fsp3) is 0.379. The number of rotatable bonds is 8. The second kappa shape index (κ2) is 8.99. The third kappa shape index (κ3) is 5.24. The van der Waals surface area contributed by atoms with Gasteiger partial charge in [-0.3, -0.25) is 0 Å². The minimum atomic E-state index is -3.17. The van der Waals surface area contributed by atoms with Crippen LogP contribution < -0.4 is 9.46 Å². The first kappa shape index (κ1) is 23.9. The molecule has 1 aromatic heterocycles. The maximum absolute atomic E-state index is 12.2. The van der Waals surface area contributed by atoms with Crippen LogP contribution in [0.25, 0.3) is 32.8 Å². The molecule has 0 bridgehead atoms. The molecule has 1 saturated carbocycles. The zero-order valence-corrected chi connectivity index (χ0v) is 21.8. The van der Waals surface area contributed by atoms with Crippen LogP contribution in [0.1, 0.15) is 39.2 Å². The molecule has 1 aliphatic carbocycles. The first-order valence-electron chi connectivity index (χ1n) is 12.3. The van der Waals surface area contributed by atoms with E-state index in [0.717, 1.165) is 35.9 Å². The minimum Gasteiger partial charge on any atom is -0.497 e. The molecule has 5 nitrogen and oxygen atoms in total. The molecule has 6 heteroatoms. The number of hydrogen-bond acceptors (Lipinski definition) is 3. The molecule has 0 aliphatic heterocycles. The van der Waals surface area contributed by atoms with Gasteiger partial charge in [0, 0.05) is 30.2 Å². The van der Waals surface area contributed by atoms with Gasteiger partial charge in [0.1, 0.15) is 5.75 Å². The van der Waals surface area contributed by atoms with E-state index in [4.69, 9.17) is 4.74 Å². The number of aromatic nitrogens is 1. The highest BCUT2D eigenvalue weighted by molar-refractivity contribution is 7.90. The van der Waals surface area contributed by atoms with E-state index in [-0.39, 0.29) is 10.7 Å². The molecule has 1 fully saturated rings. The average Bonchev–Trinajstić information content (AvgIpc) is 3.63. The van der Waals surface area contributed by atoms with Crippen molar-refractivity contribution in [3.63, 3.8) is 0 Å². The molecule has 0 unspecified atom stereocenters. The Bertz CT molecular complexity index is 1490. The van der Waals surface area contributed by atoms with Crippen LogP contribution in [-0.4, -0.2) is 31.9 Å². The van der Waals surface area contributed by atoms with Crippen molar-refractivity contribution in [1.82, 2.24) is 9.29 Å². The largest absolute Gasteiger partial charge is 0.497 e. The van der Waals surface area contributed by atoms with Gasteiger partial charge in [0.05, 0.1) is 12.4 Å². The summed E-state index contributed by atoms with van der Waals surface area (Å²) in [5.41, 5.74) is 4.94. The Kier molecular flexibility index (Phi) is 6.14. The number of benzene rings is 3. The van der Waals surface area contributed by atoms with E-state index in [1.165, 1.54) is 27.5 Å². The molecule has 35 heavy (non-hydrogen) atoms. The molecule has 1 aliphatic rings. The van der Waals surface area contributed by atoms with E-state index < -0.39 is 10.0 Å². The van der Waals surface area contributed by atoms with Gasteiger partial charge in [-0.05, 0) is 82.5 Å². The number of fused-ring (bicyclic) bond motifs is 2. The molecule has 0 saturated heterocycles. The second-order valence-corrected chi connectivity index (χ2v) is 12.9. The van der Waals surface area contributed by atoms with Crippen molar-refractivity contribution < 1.29 is 13.2 Å². The van der Waals surface area contributed by atoms with Crippen molar-refractivity contribution in [3.8, 4) is 16.9 Å². The fourth-order valence-corrected chi connectivity index (χ4v) is 6.15. The lowest BCUT2D eigenvalue weighted by atomic mass is 9.87. The first-order chi connectivity index (χ1) is 16.6. The lowest BCUT2D eigenvalue weighted by molar-refractivity contribution is 0.412. The maximum atomic E-state index is 12.2. The normalized spacial score (nSPS) is 14.6. The van der Waals surface area contributed by atoms with Gasteiger partial charge in [0.15, 0.2) is 0 Å². The van der Waals surface area contributed by atoms with Crippen molar-refractivity contribution in [1.29, 1.82) is 0 Å². The van der Waals surface area contributed by atoms with Crippen LogP contribution in [0.2, 0.25) is 0 Å². The van der Waals surface area contributed by atoms with Gasteiger partial charge in [0.2, 0.25) is 10.0 Å². The third-order valence-corrected chi connectivity index (χ3v) is 8.64. The van der Waals surface area contributed by atoms with Gasteiger partial charge in [-0.1, -0.05) is 45.0 Å². The van der Waals surface area contributed by atoms with Crippen LogP contribution in [0.4, 0.5) is 0 Å². The molecular formula is C29H34N2O3S. The molecule has 0 atom stereocenters. The van der Waals surface area contributed by atoms with Crippen molar-refractivity contribution in [2.45, 2.75) is 51.8 Å². The summed E-state index contributed by atoms with van der Waals surface area (Å²) in [5, 5.41) is 3.38. The molecule has 3 aromatic carbocycles. The van der Waals surface area contributed by atoms with Gasteiger partial charge >= 0.3 is 0 Å². The SMILES string of the molecule is COc1ccc2cc(-c3ccc4c(c3)c(CC(C)(C)C)cn4CCNS(=O)(=O)C3CC3)ccc2c1. The molecule has 5 rings (SSSR count). The number of ether oxygens (including phenoxy) is 1. The van der Waals surface area contributed by atoms with Crippen molar-refractivity contribution >= 4 is 31.7 Å². The molecule has 184 valence electrons. The van der Waals surface area contributed by atoms with E-state index in [2.05, 4.69) is 84.8 Å². The minimum absolute atomic E-state index is 0.144. The second-order valence-electron chi connectivity index (χ2n) is 10.9. The number of hydrogen-bond donors (Lipinski definition) is 1. The number of nitrogens with zero attached hydrogens (tertiary/aromatic N) is 1. The molecule has 0 amide bonds. The predicted octanol–water partition coefficient (Wildman–Crippen LogP) is 6.14. The molecule has 1 N–H and O–H groups in total. The summed E-state index contributed by atoms with van der Waals surface area (Å²) >= 11 is 0. The third-order valence-electron chi connectivity index (χ3n) is 6.68. The Hall–Kier alpha value is -2.83. The van der Waals surface area contributed by atoms with Gasteiger partial charge in [-0.2, -0.15) is 0 Å². The van der Waals surface area contributed by atoms with Gasteiger partial charge < -0.3 is 9.30 Å². The van der Waals surface area contributed by atoms with Crippen LogP contribution in [-0.2, 0) is 23.0 Å². The maximum Gasteiger partial charge on any atom is 0.214 e. The van der Waals surface area contributed by atoms with E-state index in [0.29, 0.717) is 13.1 Å². The average molecular weight is 491 g/mol. The smallest absolute Gasteiger partial charge is 0.214 e. The van der Waals surface area contributed by atoms with Gasteiger partial charge in [-0.25, -0.2) is 13.1 Å². The highest BCUT2D eigenvalue weighted by Crippen LogP contribution is 2.33. The van der Waals surface area contributed by atoms with E-state index in [1.54, 1.807) is 7.11 Å². The zero-order chi connectivity index (χ0) is 24.8. The summed E-state index contributed by atoms with van der Waals surface area (Å²) in [6, 6.07) is 19.3. The molecule has 1 heterocycles. The van der Waals surface area contributed by atoms with E-state index >= 15 is 0 Å². The Labute approximate surface area is 208 Å². The van der Waals surface area contributed by atoms with Crippen LogP contribution in [0, 0.1) is 5.41 Å². The zero-order valence-electron chi connectivity index (χ0n) is 21.0. The Balaban J connectivity index is 1.48. The van der Waals surface area contributed by atoms with Crippen molar-refractivity contribution in [3.05, 3.63) is 66.4 Å². The monoisotopic (exact) mass is 490 g/mol. The fourth-order valence-electron chi connectivity index (χ4n) is 4.78. The molecule has 4 aromatic rings. The Morgan fingerprint density at radius 3 is 2.37 bits per heavy atom. The van der Waals surface area contributed by atoms with Crippen LogP contribution in [0.5, 0.6) is 5.75 Å². The van der Waals surface area contributed by atoms with Crippen molar-refractivity contribution in [2.75, 3.05) is 13.7 Å². The van der Waals surface area contributed by atoms with E-state index in [9.17, 15) is 8.42 Å². The van der Waals surface area contributed by atoms with Crippen LogP contribution in [0.15, 0.2) is 60.8 Å². The molecule has 0 radical (unpaired) electrons. The molecular weight excluding hydrogens is 456 g/mol. The predicted molar refractivity (Wildman–Crippen MR) is 145 cm³/mol. The number of nitrogens with one attached hydrogen (secondary N) is 1. The Morgan fingerprint density at radius 2 is 1.66 bits per heavy atom. The topological polar surface area (TPSA) is 60.3 Å². The number of methoxy groups -OCH3 is 1. The molecule has 0 spiro atoms. The van der Waals surface area contributed by atoms with Gasteiger partial charge in [0.25, 0.3) is 0 Å². The van der Waals surface area contributed by atoms with Gasteiger partial charge in [-0.15, -0.1) is 0 Å². The quantitative estimate of drug-likeness (QED) is 0.323. The summed E-state index contributed by atoms with van der Waals surface area (Å²) in [4.78, 5) is 0. The number of sulfonamides is 1. The lowest BCUT2D eigenvalue weighted by Crippen LogP contribution is -2.30. The van der Waals surface area contributed by atoms with Crippen LogP contribution in [0.3, 0.4) is 0 Å². The van der Waals surface area contributed by atoms with Crippen LogP contribution >= 0.6 is 0 Å². The standard InChI is InChI=1S/C29H34N2O3S/c1-29(2,3)18-24-19-31(14-13-30-35(32,33)26-10-11-26)28-12-8-23(17-27(24)28)20-5-6-22-16-25(34-4)9-7-21(22)15-20/h5-9,12,15-17,19,26,30H,10-11,13-14,18H2,1-4H3. The summed E-state index contributed by atoms with van der Waals surface area (Å²) in [7, 11) is -1.48. The summed E-state index contributed by atoms with van der Waals surface area (Å²) in [6.45, 7) is 7.78. The first-order valence-corrected chi connectivity index (χ1v) is 13.9. The summed E-state index contributed by atoms with van der Waals surface area (Å²) < 4.78 is 34.8. The van der Waals surface area contributed by atoms with Crippen molar-refractivity contribution in [2.24, 2.45) is 5.41 Å².